The molecule has 0 saturated heterocycles. The minimum absolute atomic E-state index is 0.0547. The zero-order valence-electron chi connectivity index (χ0n) is 16.7. The van der Waals surface area contributed by atoms with Gasteiger partial charge in [-0.15, -0.1) is 0 Å². The van der Waals surface area contributed by atoms with E-state index in [1.165, 1.54) is 32.1 Å². The van der Waals surface area contributed by atoms with Crippen molar-refractivity contribution in [3.8, 4) is 5.75 Å². The van der Waals surface area contributed by atoms with E-state index < -0.39 is 0 Å². The summed E-state index contributed by atoms with van der Waals surface area (Å²) >= 11 is 0. The molecule has 2 nitrogen and oxygen atoms in total. The maximum atomic E-state index is 10.3. The van der Waals surface area contributed by atoms with Gasteiger partial charge in [-0.25, -0.2) is 0 Å². The van der Waals surface area contributed by atoms with Crippen LogP contribution in [0.5, 0.6) is 5.75 Å². The van der Waals surface area contributed by atoms with Crippen molar-refractivity contribution in [1.29, 1.82) is 0 Å². The average Bonchev–Trinajstić information content (AvgIpc) is 2.47. The molecule has 0 bridgehead atoms. The van der Waals surface area contributed by atoms with Crippen LogP contribution in [-0.4, -0.2) is 11.7 Å². The van der Waals surface area contributed by atoms with E-state index in [-0.39, 0.29) is 5.41 Å². The van der Waals surface area contributed by atoms with Crippen LogP contribution in [0.1, 0.15) is 89.8 Å². The summed E-state index contributed by atoms with van der Waals surface area (Å²) in [5, 5.41) is 10.3. The highest BCUT2D eigenvalue weighted by atomic mass is 16.5. The maximum absolute atomic E-state index is 10.3. The number of hydrogen-bond donors (Lipinski definition) is 1. The van der Waals surface area contributed by atoms with E-state index >= 15 is 0 Å². The molecule has 0 aliphatic heterocycles. The molecule has 24 heavy (non-hydrogen) atoms. The van der Waals surface area contributed by atoms with E-state index in [2.05, 4.69) is 40.7 Å². The number of unbranched alkanes of at least 4 members (excludes halogenated alkanes) is 4. The van der Waals surface area contributed by atoms with E-state index in [1.54, 1.807) is 0 Å². The molecule has 138 valence electrons. The highest BCUT2D eigenvalue weighted by Gasteiger charge is 2.20. The Morgan fingerprint density at radius 3 is 2.25 bits per heavy atom. The van der Waals surface area contributed by atoms with Gasteiger partial charge < -0.3 is 9.84 Å². The van der Waals surface area contributed by atoms with Crippen molar-refractivity contribution in [3.05, 3.63) is 28.8 Å². The van der Waals surface area contributed by atoms with Crippen LogP contribution in [0.4, 0.5) is 0 Å². The van der Waals surface area contributed by atoms with Crippen molar-refractivity contribution in [1.82, 2.24) is 0 Å². The number of aromatic hydroxyl groups is 1. The second kappa shape index (κ2) is 10.1. The molecule has 1 N–H and O–H groups in total. The van der Waals surface area contributed by atoms with Gasteiger partial charge in [0.15, 0.2) is 0 Å². The minimum atomic E-state index is -0.0547. The monoisotopic (exact) mass is 334 g/mol. The predicted octanol–water partition coefficient (Wildman–Crippen LogP) is 6.51. The fraction of sp³-hybridized carbons (Fsp3) is 0.727. The van der Waals surface area contributed by atoms with Gasteiger partial charge in [-0.1, -0.05) is 72.8 Å². The molecule has 0 aromatic heterocycles. The fourth-order valence-corrected chi connectivity index (χ4v) is 2.99. The SMILES string of the molecule is Cc1cc(COCCCCCCCC(C)C)cc(C(C)(C)C)c1O. The number of aryl methyl sites for hydroxylation is 1. The number of hydrogen-bond acceptors (Lipinski definition) is 2. The van der Waals surface area contributed by atoms with Crippen LogP contribution in [0.15, 0.2) is 12.1 Å². The van der Waals surface area contributed by atoms with Gasteiger partial charge in [0.05, 0.1) is 6.61 Å². The molecule has 1 aromatic carbocycles. The van der Waals surface area contributed by atoms with Gasteiger partial charge >= 0.3 is 0 Å². The molecule has 0 aliphatic carbocycles. The van der Waals surface area contributed by atoms with Crippen LogP contribution in [-0.2, 0) is 16.8 Å². The third-order valence-electron chi connectivity index (χ3n) is 4.51. The molecule has 2 heteroatoms. The van der Waals surface area contributed by atoms with Gasteiger partial charge in [0.2, 0.25) is 0 Å². The predicted molar refractivity (Wildman–Crippen MR) is 104 cm³/mol. The number of rotatable bonds is 10. The number of ether oxygens (including phenoxy) is 1. The first-order chi connectivity index (χ1) is 11.2. The molecule has 0 aliphatic rings. The van der Waals surface area contributed by atoms with Crippen LogP contribution in [0, 0.1) is 12.8 Å². The lowest BCUT2D eigenvalue weighted by molar-refractivity contribution is 0.116. The third kappa shape index (κ3) is 7.70. The summed E-state index contributed by atoms with van der Waals surface area (Å²) in [4.78, 5) is 0. The lowest BCUT2D eigenvalue weighted by Crippen LogP contribution is -2.12. The largest absolute Gasteiger partial charge is 0.507 e. The summed E-state index contributed by atoms with van der Waals surface area (Å²) in [6, 6.07) is 4.13. The quantitative estimate of drug-likeness (QED) is 0.494. The second-order valence-corrected chi connectivity index (χ2v) is 8.56. The summed E-state index contributed by atoms with van der Waals surface area (Å²) < 4.78 is 5.85. The standard InChI is InChI=1S/C22H38O2/c1-17(2)12-10-8-7-9-11-13-24-16-19-14-18(3)21(23)20(15-19)22(4,5)6/h14-15,17,23H,7-13,16H2,1-6H3. The fourth-order valence-electron chi connectivity index (χ4n) is 2.99. The Bertz CT molecular complexity index is 483. The molecule has 0 saturated carbocycles. The van der Waals surface area contributed by atoms with Gasteiger partial charge in [0, 0.05) is 6.61 Å². The lowest BCUT2D eigenvalue weighted by Gasteiger charge is -2.22. The van der Waals surface area contributed by atoms with E-state index in [9.17, 15) is 5.11 Å². The average molecular weight is 335 g/mol. The Morgan fingerprint density at radius 1 is 1.00 bits per heavy atom. The normalized spacial score (nSPS) is 12.1. The zero-order valence-corrected chi connectivity index (χ0v) is 16.7. The van der Waals surface area contributed by atoms with Crippen molar-refractivity contribution in [2.45, 2.75) is 92.1 Å². The molecule has 0 radical (unpaired) electrons. The van der Waals surface area contributed by atoms with E-state index in [0.717, 1.165) is 35.6 Å². The van der Waals surface area contributed by atoms with Crippen LogP contribution in [0.25, 0.3) is 0 Å². The van der Waals surface area contributed by atoms with Gasteiger partial charge in [0.25, 0.3) is 0 Å². The topological polar surface area (TPSA) is 29.5 Å². The van der Waals surface area contributed by atoms with Crippen LogP contribution < -0.4 is 0 Å². The van der Waals surface area contributed by atoms with Gasteiger partial charge in [0.1, 0.15) is 5.75 Å². The summed E-state index contributed by atoms with van der Waals surface area (Å²) in [5.41, 5.74) is 3.05. The summed E-state index contributed by atoms with van der Waals surface area (Å²) in [6.45, 7) is 14.4. The van der Waals surface area contributed by atoms with E-state index in [1.807, 2.05) is 13.0 Å². The second-order valence-electron chi connectivity index (χ2n) is 8.56. The molecular weight excluding hydrogens is 296 g/mol. The molecule has 1 rings (SSSR count). The maximum Gasteiger partial charge on any atom is 0.122 e. The Kier molecular flexibility index (Phi) is 8.83. The molecule has 0 atom stereocenters. The van der Waals surface area contributed by atoms with Crippen LogP contribution in [0.3, 0.4) is 0 Å². The molecule has 0 amide bonds. The Hall–Kier alpha value is -1.02. The van der Waals surface area contributed by atoms with E-state index in [4.69, 9.17) is 4.74 Å². The van der Waals surface area contributed by atoms with Crippen molar-refractivity contribution < 1.29 is 9.84 Å². The first kappa shape index (κ1) is 21.0. The van der Waals surface area contributed by atoms with Gasteiger partial charge in [-0.2, -0.15) is 0 Å². The highest BCUT2D eigenvalue weighted by Crippen LogP contribution is 2.34. The molecular formula is C22H38O2. The molecule has 0 heterocycles. The van der Waals surface area contributed by atoms with Gasteiger partial charge in [-0.3, -0.25) is 0 Å². The van der Waals surface area contributed by atoms with Crippen LogP contribution >= 0.6 is 0 Å². The molecule has 0 spiro atoms. The Morgan fingerprint density at radius 2 is 1.62 bits per heavy atom. The number of benzene rings is 1. The minimum Gasteiger partial charge on any atom is -0.507 e. The third-order valence-corrected chi connectivity index (χ3v) is 4.51. The summed E-state index contributed by atoms with van der Waals surface area (Å²) in [6.07, 6.45) is 7.80. The highest BCUT2D eigenvalue weighted by molar-refractivity contribution is 5.46. The summed E-state index contributed by atoms with van der Waals surface area (Å²) in [7, 11) is 0. The van der Waals surface area contributed by atoms with E-state index in [0.29, 0.717) is 12.4 Å². The van der Waals surface area contributed by atoms with Crippen LogP contribution in [0.2, 0.25) is 0 Å². The van der Waals surface area contributed by atoms with Crippen molar-refractivity contribution >= 4 is 0 Å². The first-order valence-electron chi connectivity index (χ1n) is 9.62. The smallest absolute Gasteiger partial charge is 0.122 e. The molecule has 0 fully saturated rings. The van der Waals surface area contributed by atoms with Crippen molar-refractivity contribution in [2.24, 2.45) is 5.92 Å². The van der Waals surface area contributed by atoms with Crippen molar-refractivity contribution in [3.63, 3.8) is 0 Å². The number of phenols is 1. The molecule has 1 aromatic rings. The number of phenolic OH excluding ortho intramolecular Hbond substituents is 1. The Labute approximate surface area is 149 Å². The lowest BCUT2D eigenvalue weighted by atomic mass is 9.84. The zero-order chi connectivity index (χ0) is 18.2. The Balaban J connectivity index is 2.30. The first-order valence-corrected chi connectivity index (χ1v) is 9.62. The van der Waals surface area contributed by atoms with Crippen molar-refractivity contribution in [2.75, 3.05) is 6.61 Å². The summed E-state index contributed by atoms with van der Waals surface area (Å²) in [5.74, 6) is 1.26. The molecule has 0 unspecified atom stereocenters. The van der Waals surface area contributed by atoms with Gasteiger partial charge in [-0.05, 0) is 47.4 Å².